The third-order valence-electron chi connectivity index (χ3n) is 5.93. The van der Waals surface area contributed by atoms with Gasteiger partial charge in [0.15, 0.2) is 0 Å². The van der Waals surface area contributed by atoms with Gasteiger partial charge in [0.05, 0.1) is 5.41 Å². The number of rotatable bonds is 4. The quantitative estimate of drug-likeness (QED) is 0.864. The number of nitrogens with zero attached hydrogens (tertiary/aromatic N) is 1. The standard InChI is InChI=1S/C17H29NO3/c1-3-16(2)9-11-18(12-10-16)14(19)13-17(15(20)21)7-5-4-6-8-17/h3-13H2,1-2H3,(H,20,21). The molecule has 0 bridgehead atoms. The van der Waals surface area contributed by atoms with Crippen molar-refractivity contribution in [2.75, 3.05) is 13.1 Å². The first-order valence-corrected chi connectivity index (χ1v) is 8.42. The second-order valence-corrected chi connectivity index (χ2v) is 7.37. The van der Waals surface area contributed by atoms with Crippen LogP contribution in [0.25, 0.3) is 0 Å². The molecule has 0 radical (unpaired) electrons. The van der Waals surface area contributed by atoms with Crippen molar-refractivity contribution in [1.29, 1.82) is 0 Å². The molecular formula is C17H29NO3. The maximum atomic E-state index is 12.5. The molecular weight excluding hydrogens is 266 g/mol. The van der Waals surface area contributed by atoms with Gasteiger partial charge in [0.1, 0.15) is 0 Å². The zero-order chi connectivity index (χ0) is 15.5. The number of likely N-dealkylation sites (tertiary alicyclic amines) is 1. The van der Waals surface area contributed by atoms with Crippen molar-refractivity contribution < 1.29 is 14.7 Å². The molecule has 0 aromatic rings. The monoisotopic (exact) mass is 295 g/mol. The molecule has 1 saturated carbocycles. The topological polar surface area (TPSA) is 57.6 Å². The zero-order valence-corrected chi connectivity index (χ0v) is 13.5. The normalized spacial score (nSPS) is 24.6. The Hall–Kier alpha value is -1.06. The van der Waals surface area contributed by atoms with E-state index in [1.165, 1.54) is 0 Å². The van der Waals surface area contributed by atoms with Crippen LogP contribution >= 0.6 is 0 Å². The average Bonchev–Trinajstić information content (AvgIpc) is 2.48. The molecule has 21 heavy (non-hydrogen) atoms. The van der Waals surface area contributed by atoms with Gasteiger partial charge in [-0.15, -0.1) is 0 Å². The first-order chi connectivity index (χ1) is 9.91. The highest BCUT2D eigenvalue weighted by Gasteiger charge is 2.43. The first kappa shape index (κ1) is 16.3. The average molecular weight is 295 g/mol. The van der Waals surface area contributed by atoms with Gasteiger partial charge in [-0.3, -0.25) is 9.59 Å². The Morgan fingerprint density at radius 2 is 1.62 bits per heavy atom. The van der Waals surface area contributed by atoms with E-state index in [2.05, 4.69) is 13.8 Å². The Morgan fingerprint density at radius 1 is 1.05 bits per heavy atom. The highest BCUT2D eigenvalue weighted by molar-refractivity contribution is 5.85. The lowest BCUT2D eigenvalue weighted by molar-refractivity contribution is -0.156. The Labute approximate surface area is 127 Å². The maximum absolute atomic E-state index is 12.5. The molecule has 0 spiro atoms. The lowest BCUT2D eigenvalue weighted by Gasteiger charge is -2.40. The van der Waals surface area contributed by atoms with Crippen molar-refractivity contribution in [3.63, 3.8) is 0 Å². The minimum atomic E-state index is -0.791. The van der Waals surface area contributed by atoms with Crippen LogP contribution in [-0.4, -0.2) is 35.0 Å². The second kappa shape index (κ2) is 6.37. The Morgan fingerprint density at radius 3 is 2.10 bits per heavy atom. The summed E-state index contributed by atoms with van der Waals surface area (Å²) in [4.78, 5) is 26.1. The van der Waals surface area contributed by atoms with Crippen LogP contribution in [-0.2, 0) is 9.59 Å². The van der Waals surface area contributed by atoms with Crippen molar-refractivity contribution in [2.24, 2.45) is 10.8 Å². The highest BCUT2D eigenvalue weighted by atomic mass is 16.4. The van der Waals surface area contributed by atoms with Crippen molar-refractivity contribution in [3.8, 4) is 0 Å². The highest BCUT2D eigenvalue weighted by Crippen LogP contribution is 2.41. The van der Waals surface area contributed by atoms with Gasteiger partial charge in [0.25, 0.3) is 0 Å². The summed E-state index contributed by atoms with van der Waals surface area (Å²) in [6.07, 6.45) is 7.72. The lowest BCUT2D eigenvalue weighted by atomic mass is 9.71. The molecule has 0 unspecified atom stereocenters. The number of carbonyl (C=O) groups excluding carboxylic acids is 1. The number of carbonyl (C=O) groups is 2. The van der Waals surface area contributed by atoms with Crippen molar-refractivity contribution in [1.82, 2.24) is 4.90 Å². The van der Waals surface area contributed by atoms with Gasteiger partial charge in [0, 0.05) is 19.5 Å². The molecule has 120 valence electrons. The fourth-order valence-corrected chi connectivity index (χ4v) is 3.75. The van der Waals surface area contributed by atoms with E-state index < -0.39 is 11.4 Å². The van der Waals surface area contributed by atoms with E-state index in [9.17, 15) is 14.7 Å². The van der Waals surface area contributed by atoms with E-state index in [1.54, 1.807) is 0 Å². The van der Waals surface area contributed by atoms with E-state index in [1.807, 2.05) is 4.90 Å². The van der Waals surface area contributed by atoms with Crippen molar-refractivity contribution in [3.05, 3.63) is 0 Å². The molecule has 1 aliphatic heterocycles. The van der Waals surface area contributed by atoms with E-state index in [0.717, 1.165) is 51.6 Å². The summed E-state index contributed by atoms with van der Waals surface area (Å²) < 4.78 is 0. The van der Waals surface area contributed by atoms with Crippen LogP contribution in [0, 0.1) is 10.8 Å². The van der Waals surface area contributed by atoms with Crippen LogP contribution < -0.4 is 0 Å². The number of aliphatic carboxylic acids is 1. The number of hydrogen-bond acceptors (Lipinski definition) is 2. The second-order valence-electron chi connectivity index (χ2n) is 7.37. The summed E-state index contributed by atoms with van der Waals surface area (Å²) in [5.74, 6) is -0.719. The fourth-order valence-electron chi connectivity index (χ4n) is 3.75. The SMILES string of the molecule is CCC1(C)CCN(C(=O)CC2(C(=O)O)CCCCC2)CC1. The molecule has 4 heteroatoms. The number of carboxylic acids is 1. The van der Waals surface area contributed by atoms with Crippen LogP contribution in [0.15, 0.2) is 0 Å². The molecule has 1 saturated heterocycles. The minimum Gasteiger partial charge on any atom is -0.481 e. The predicted molar refractivity (Wildman–Crippen MR) is 82.0 cm³/mol. The van der Waals surface area contributed by atoms with Gasteiger partial charge in [0.2, 0.25) is 5.91 Å². The van der Waals surface area contributed by atoms with Gasteiger partial charge in [-0.05, 0) is 31.1 Å². The van der Waals surface area contributed by atoms with Crippen LogP contribution in [0.4, 0.5) is 0 Å². The third-order valence-corrected chi connectivity index (χ3v) is 5.93. The largest absolute Gasteiger partial charge is 0.481 e. The molecule has 1 aliphatic carbocycles. The predicted octanol–water partition coefficient (Wildman–Crippen LogP) is 3.45. The van der Waals surface area contributed by atoms with Crippen molar-refractivity contribution >= 4 is 11.9 Å². The molecule has 2 aliphatic rings. The molecule has 0 atom stereocenters. The number of hydrogen-bond donors (Lipinski definition) is 1. The molecule has 0 aromatic carbocycles. The van der Waals surface area contributed by atoms with Crippen LogP contribution in [0.2, 0.25) is 0 Å². The molecule has 1 heterocycles. The fraction of sp³-hybridized carbons (Fsp3) is 0.882. The Kier molecular flexibility index (Phi) is 4.95. The van der Waals surface area contributed by atoms with Gasteiger partial charge in [-0.1, -0.05) is 39.5 Å². The molecule has 1 N–H and O–H groups in total. The van der Waals surface area contributed by atoms with Gasteiger partial charge < -0.3 is 10.0 Å². The minimum absolute atomic E-state index is 0.0532. The summed E-state index contributed by atoms with van der Waals surface area (Å²) >= 11 is 0. The van der Waals surface area contributed by atoms with E-state index >= 15 is 0 Å². The van der Waals surface area contributed by atoms with E-state index in [0.29, 0.717) is 18.3 Å². The summed E-state index contributed by atoms with van der Waals surface area (Å²) in [6.45, 7) is 6.07. The van der Waals surface area contributed by atoms with Gasteiger partial charge in [-0.2, -0.15) is 0 Å². The van der Waals surface area contributed by atoms with Crippen LogP contribution in [0.3, 0.4) is 0 Å². The summed E-state index contributed by atoms with van der Waals surface area (Å²) in [6, 6.07) is 0. The third kappa shape index (κ3) is 3.58. The Balaban J connectivity index is 1.96. The van der Waals surface area contributed by atoms with Gasteiger partial charge in [-0.25, -0.2) is 0 Å². The van der Waals surface area contributed by atoms with Crippen LogP contribution in [0.5, 0.6) is 0 Å². The molecule has 4 nitrogen and oxygen atoms in total. The summed E-state index contributed by atoms with van der Waals surface area (Å²) in [5.41, 5.74) is -0.438. The molecule has 1 amide bonds. The first-order valence-electron chi connectivity index (χ1n) is 8.42. The zero-order valence-electron chi connectivity index (χ0n) is 13.5. The van der Waals surface area contributed by atoms with E-state index in [4.69, 9.17) is 0 Å². The Bertz CT molecular complexity index is 391. The summed E-state index contributed by atoms with van der Waals surface area (Å²) in [7, 11) is 0. The van der Waals surface area contributed by atoms with E-state index in [-0.39, 0.29) is 12.3 Å². The molecule has 2 fully saturated rings. The molecule has 2 rings (SSSR count). The smallest absolute Gasteiger partial charge is 0.310 e. The number of piperidine rings is 1. The molecule has 0 aromatic heterocycles. The van der Waals surface area contributed by atoms with Gasteiger partial charge >= 0.3 is 5.97 Å². The summed E-state index contributed by atoms with van der Waals surface area (Å²) in [5, 5.41) is 9.59. The number of amides is 1. The maximum Gasteiger partial charge on any atom is 0.310 e. The lowest BCUT2D eigenvalue weighted by Crippen LogP contribution is -2.45. The van der Waals surface area contributed by atoms with Crippen molar-refractivity contribution in [2.45, 2.75) is 71.6 Å². The number of carboxylic acid groups (broad SMARTS) is 1. The van der Waals surface area contributed by atoms with Crippen LogP contribution in [0.1, 0.15) is 71.6 Å².